The summed E-state index contributed by atoms with van der Waals surface area (Å²) in [6, 6.07) is 8.30. The van der Waals surface area contributed by atoms with Gasteiger partial charge in [-0.1, -0.05) is 19.1 Å². The van der Waals surface area contributed by atoms with E-state index in [1.54, 1.807) is 53.6 Å². The molecular formula is C15H15N5O2S. The minimum absolute atomic E-state index is 0.192. The quantitative estimate of drug-likeness (QED) is 0.773. The van der Waals surface area contributed by atoms with Crippen LogP contribution in [0.25, 0.3) is 5.82 Å². The molecule has 0 aliphatic rings. The zero-order valence-corrected chi connectivity index (χ0v) is 13.2. The van der Waals surface area contributed by atoms with E-state index in [0.29, 0.717) is 5.82 Å². The van der Waals surface area contributed by atoms with Crippen molar-refractivity contribution in [2.75, 3.05) is 4.72 Å². The average Bonchev–Trinajstić information content (AvgIpc) is 3.09. The SMILES string of the molecule is CCc1ccc(S(=O)(=O)Nc2cc(-n3ccnc3)ncn2)cc1. The Morgan fingerprint density at radius 1 is 1.17 bits per heavy atom. The summed E-state index contributed by atoms with van der Waals surface area (Å²) in [7, 11) is -3.69. The Morgan fingerprint density at radius 3 is 2.61 bits per heavy atom. The fraction of sp³-hybridized carbons (Fsp3) is 0.133. The van der Waals surface area contributed by atoms with E-state index in [2.05, 4.69) is 19.7 Å². The number of nitrogens with zero attached hydrogens (tertiary/aromatic N) is 4. The lowest BCUT2D eigenvalue weighted by Gasteiger charge is -2.09. The fourth-order valence-electron chi connectivity index (χ4n) is 2.04. The van der Waals surface area contributed by atoms with E-state index in [1.807, 2.05) is 6.92 Å². The van der Waals surface area contributed by atoms with Crippen molar-refractivity contribution in [1.82, 2.24) is 19.5 Å². The second kappa shape index (κ2) is 6.17. The lowest BCUT2D eigenvalue weighted by molar-refractivity contribution is 0.601. The Morgan fingerprint density at radius 2 is 1.96 bits per heavy atom. The molecule has 2 aromatic heterocycles. The van der Waals surface area contributed by atoms with Crippen LogP contribution in [0.4, 0.5) is 5.82 Å². The molecule has 0 fully saturated rings. The van der Waals surface area contributed by atoms with Gasteiger partial charge < -0.3 is 0 Å². The van der Waals surface area contributed by atoms with Gasteiger partial charge in [-0.15, -0.1) is 0 Å². The molecular weight excluding hydrogens is 314 g/mol. The third-order valence-corrected chi connectivity index (χ3v) is 4.67. The first kappa shape index (κ1) is 15.2. The highest BCUT2D eigenvalue weighted by molar-refractivity contribution is 7.92. The number of anilines is 1. The van der Waals surface area contributed by atoms with Crippen LogP contribution in [0.2, 0.25) is 0 Å². The normalized spacial score (nSPS) is 11.3. The maximum absolute atomic E-state index is 12.4. The van der Waals surface area contributed by atoms with Gasteiger partial charge in [-0.05, 0) is 24.1 Å². The Balaban J connectivity index is 1.87. The largest absolute Gasteiger partial charge is 0.290 e. The summed E-state index contributed by atoms with van der Waals surface area (Å²) in [5.74, 6) is 0.722. The number of aryl methyl sites for hydroxylation is 1. The van der Waals surface area contributed by atoms with Crippen LogP contribution in [0.5, 0.6) is 0 Å². The molecule has 7 nitrogen and oxygen atoms in total. The standard InChI is InChI=1S/C15H15N5O2S/c1-2-12-3-5-13(6-4-12)23(21,22)19-14-9-15(18-10-17-14)20-8-7-16-11-20/h3-11H,2H2,1H3,(H,17,18,19). The van der Waals surface area contributed by atoms with E-state index in [4.69, 9.17) is 0 Å². The highest BCUT2D eigenvalue weighted by atomic mass is 32.2. The lowest BCUT2D eigenvalue weighted by Crippen LogP contribution is -2.14. The van der Waals surface area contributed by atoms with Crippen LogP contribution >= 0.6 is 0 Å². The summed E-state index contributed by atoms with van der Waals surface area (Å²) in [6.07, 6.45) is 7.05. The van der Waals surface area contributed by atoms with E-state index in [0.717, 1.165) is 12.0 Å². The van der Waals surface area contributed by atoms with Gasteiger partial charge in [0.05, 0.1) is 4.90 Å². The first-order chi connectivity index (χ1) is 11.1. The summed E-state index contributed by atoms with van der Waals surface area (Å²) < 4.78 is 28.9. The van der Waals surface area contributed by atoms with Gasteiger partial charge in [0.15, 0.2) is 0 Å². The zero-order chi connectivity index (χ0) is 16.3. The molecule has 1 N–H and O–H groups in total. The van der Waals surface area contributed by atoms with Crippen molar-refractivity contribution in [3.05, 3.63) is 60.9 Å². The number of hydrogen-bond donors (Lipinski definition) is 1. The van der Waals surface area contributed by atoms with Gasteiger partial charge in [0.1, 0.15) is 24.3 Å². The first-order valence-corrected chi connectivity index (χ1v) is 8.49. The predicted octanol–water partition coefficient (Wildman–Crippen LogP) is 2.03. The van der Waals surface area contributed by atoms with Crippen molar-refractivity contribution in [1.29, 1.82) is 0 Å². The summed E-state index contributed by atoms with van der Waals surface area (Å²) in [5, 5.41) is 0. The number of benzene rings is 1. The van der Waals surface area contributed by atoms with Gasteiger partial charge in [-0.3, -0.25) is 9.29 Å². The molecule has 3 aromatic rings. The van der Waals surface area contributed by atoms with Crippen LogP contribution in [-0.4, -0.2) is 27.9 Å². The maximum atomic E-state index is 12.4. The number of hydrogen-bond acceptors (Lipinski definition) is 5. The average molecular weight is 329 g/mol. The van der Waals surface area contributed by atoms with Crippen molar-refractivity contribution in [3.8, 4) is 5.82 Å². The smallest absolute Gasteiger partial charge is 0.263 e. The molecule has 0 spiro atoms. The van der Waals surface area contributed by atoms with E-state index in [9.17, 15) is 8.42 Å². The predicted molar refractivity (Wildman–Crippen MR) is 85.8 cm³/mol. The first-order valence-electron chi connectivity index (χ1n) is 7.00. The molecule has 0 atom stereocenters. The summed E-state index contributed by atoms with van der Waals surface area (Å²) in [4.78, 5) is 12.2. The molecule has 0 amide bonds. The third kappa shape index (κ3) is 3.37. The van der Waals surface area contributed by atoms with Crippen molar-refractivity contribution in [2.45, 2.75) is 18.2 Å². The van der Waals surface area contributed by atoms with Crippen LogP contribution < -0.4 is 4.72 Å². The molecule has 0 aliphatic heterocycles. The maximum Gasteiger partial charge on any atom is 0.263 e. The Hall–Kier alpha value is -2.74. The zero-order valence-electron chi connectivity index (χ0n) is 12.4. The van der Waals surface area contributed by atoms with Gasteiger partial charge in [0.2, 0.25) is 0 Å². The molecule has 8 heteroatoms. The summed E-state index contributed by atoms with van der Waals surface area (Å²) >= 11 is 0. The van der Waals surface area contributed by atoms with E-state index in [1.165, 1.54) is 6.33 Å². The molecule has 0 aliphatic carbocycles. The summed E-state index contributed by atoms with van der Waals surface area (Å²) in [6.45, 7) is 2.01. The van der Waals surface area contributed by atoms with E-state index in [-0.39, 0.29) is 10.7 Å². The molecule has 3 rings (SSSR count). The number of aromatic nitrogens is 4. The van der Waals surface area contributed by atoms with Crippen molar-refractivity contribution in [3.63, 3.8) is 0 Å². The van der Waals surface area contributed by atoms with Crippen LogP contribution in [0.15, 0.2) is 60.3 Å². The van der Waals surface area contributed by atoms with Gasteiger partial charge in [0.25, 0.3) is 10.0 Å². The van der Waals surface area contributed by atoms with Crippen LogP contribution in [-0.2, 0) is 16.4 Å². The molecule has 0 unspecified atom stereocenters. The fourth-order valence-corrected chi connectivity index (χ4v) is 3.04. The molecule has 0 bridgehead atoms. The van der Waals surface area contributed by atoms with Gasteiger partial charge >= 0.3 is 0 Å². The lowest BCUT2D eigenvalue weighted by atomic mass is 10.2. The van der Waals surface area contributed by atoms with Crippen molar-refractivity contribution >= 4 is 15.8 Å². The summed E-state index contributed by atoms with van der Waals surface area (Å²) in [5.41, 5.74) is 1.08. The molecule has 118 valence electrons. The Bertz CT molecular complexity index is 890. The number of rotatable bonds is 5. The molecule has 0 radical (unpaired) electrons. The minimum atomic E-state index is -3.69. The molecule has 0 saturated heterocycles. The molecule has 23 heavy (non-hydrogen) atoms. The molecule has 1 aromatic carbocycles. The van der Waals surface area contributed by atoms with Gasteiger partial charge in [-0.25, -0.2) is 23.4 Å². The van der Waals surface area contributed by atoms with Crippen molar-refractivity contribution in [2.24, 2.45) is 0 Å². The van der Waals surface area contributed by atoms with Gasteiger partial charge in [0, 0.05) is 18.5 Å². The monoisotopic (exact) mass is 329 g/mol. The van der Waals surface area contributed by atoms with Gasteiger partial charge in [-0.2, -0.15) is 0 Å². The number of imidazole rings is 1. The Labute approximate surface area is 134 Å². The number of nitrogens with one attached hydrogen (secondary N) is 1. The van der Waals surface area contributed by atoms with Crippen LogP contribution in [0, 0.1) is 0 Å². The second-order valence-corrected chi connectivity index (χ2v) is 6.52. The van der Waals surface area contributed by atoms with Crippen molar-refractivity contribution < 1.29 is 8.42 Å². The topological polar surface area (TPSA) is 89.8 Å². The highest BCUT2D eigenvalue weighted by Crippen LogP contribution is 2.16. The molecule has 0 saturated carbocycles. The van der Waals surface area contributed by atoms with Crippen LogP contribution in [0.1, 0.15) is 12.5 Å². The third-order valence-electron chi connectivity index (χ3n) is 3.30. The number of sulfonamides is 1. The van der Waals surface area contributed by atoms with E-state index < -0.39 is 10.0 Å². The molecule has 2 heterocycles. The Kier molecular flexibility index (Phi) is 4.07. The minimum Gasteiger partial charge on any atom is -0.290 e. The second-order valence-electron chi connectivity index (χ2n) is 4.83. The van der Waals surface area contributed by atoms with E-state index >= 15 is 0 Å². The highest BCUT2D eigenvalue weighted by Gasteiger charge is 2.15. The van der Waals surface area contributed by atoms with Crippen LogP contribution in [0.3, 0.4) is 0 Å².